The van der Waals surface area contributed by atoms with Crippen molar-refractivity contribution in [1.82, 2.24) is 25.1 Å². The summed E-state index contributed by atoms with van der Waals surface area (Å²) in [7, 11) is 0. The van der Waals surface area contributed by atoms with Crippen LogP contribution in [0.4, 0.5) is 24.8 Å². The number of nitrogens with two attached hydrogens (primary N) is 1. The van der Waals surface area contributed by atoms with E-state index in [1.165, 1.54) is 17.1 Å². The Morgan fingerprint density at radius 2 is 1.88 bits per heavy atom. The monoisotopic (exact) mass is 363 g/mol. The highest BCUT2D eigenvalue weighted by Gasteiger charge is 2.24. The number of rotatable bonds is 3. The van der Waals surface area contributed by atoms with E-state index in [-0.39, 0.29) is 18.2 Å². The molecule has 0 atom stereocenters. The van der Waals surface area contributed by atoms with Crippen molar-refractivity contribution in [2.45, 2.75) is 6.54 Å². The lowest BCUT2D eigenvalue weighted by Crippen LogP contribution is -2.44. The smallest absolute Gasteiger partial charge is 0.222 e. The van der Waals surface area contributed by atoms with Gasteiger partial charge in [-0.2, -0.15) is 10.1 Å². The third-order valence-electron chi connectivity index (χ3n) is 4.39. The second kappa shape index (κ2) is 6.45. The van der Waals surface area contributed by atoms with Gasteiger partial charge in [0.25, 0.3) is 0 Å². The second-order valence-electron chi connectivity index (χ2n) is 6.03. The van der Waals surface area contributed by atoms with Crippen LogP contribution in [0.15, 0.2) is 18.5 Å². The Bertz CT molecular complexity index is 966. The number of aromatic nitrogens is 4. The summed E-state index contributed by atoms with van der Waals surface area (Å²) in [5.41, 5.74) is 5.54. The van der Waals surface area contributed by atoms with Crippen molar-refractivity contribution in [1.29, 1.82) is 0 Å². The first-order valence-electron chi connectivity index (χ1n) is 8.10. The molecule has 0 radical (unpaired) electrons. The van der Waals surface area contributed by atoms with Gasteiger partial charge in [0.2, 0.25) is 5.95 Å². The topological polar surface area (TPSA) is 84.9 Å². The molecule has 0 unspecified atom stereocenters. The fourth-order valence-electron chi connectivity index (χ4n) is 3.06. The maximum atomic E-state index is 15.0. The second-order valence-corrected chi connectivity index (χ2v) is 6.03. The average molecular weight is 363 g/mol. The van der Waals surface area contributed by atoms with Crippen molar-refractivity contribution in [3.05, 3.63) is 41.5 Å². The first-order valence-corrected chi connectivity index (χ1v) is 8.10. The molecule has 3 aromatic rings. The molecule has 0 amide bonds. The minimum Gasteiger partial charge on any atom is -0.368 e. The number of nitrogens with zero attached hydrogens (tertiary/aromatic N) is 5. The Labute approximate surface area is 146 Å². The lowest BCUT2D eigenvalue weighted by molar-refractivity contribution is 0.468. The van der Waals surface area contributed by atoms with Crippen LogP contribution in [0, 0.1) is 17.5 Å². The molecule has 3 N–H and O–H groups in total. The van der Waals surface area contributed by atoms with E-state index < -0.39 is 23.0 Å². The van der Waals surface area contributed by atoms with Gasteiger partial charge in [0.05, 0.1) is 29.4 Å². The molecule has 1 aromatic carbocycles. The molecule has 4 rings (SSSR count). The van der Waals surface area contributed by atoms with Gasteiger partial charge in [0.15, 0.2) is 23.1 Å². The zero-order chi connectivity index (χ0) is 18.3. The molecule has 3 heterocycles. The summed E-state index contributed by atoms with van der Waals surface area (Å²) in [4.78, 5) is 9.57. The van der Waals surface area contributed by atoms with Gasteiger partial charge in [0.1, 0.15) is 0 Å². The quantitative estimate of drug-likeness (QED) is 0.682. The van der Waals surface area contributed by atoms with Gasteiger partial charge in [-0.3, -0.25) is 0 Å². The third kappa shape index (κ3) is 2.81. The molecule has 0 spiro atoms. The molecule has 1 saturated heterocycles. The van der Waals surface area contributed by atoms with Crippen LogP contribution in [0.1, 0.15) is 5.56 Å². The molecule has 10 heteroatoms. The molecule has 0 bridgehead atoms. The van der Waals surface area contributed by atoms with Gasteiger partial charge in [-0.1, -0.05) is 0 Å². The third-order valence-corrected chi connectivity index (χ3v) is 4.39. The van der Waals surface area contributed by atoms with Crippen LogP contribution in [-0.4, -0.2) is 45.9 Å². The summed E-state index contributed by atoms with van der Waals surface area (Å²) < 4.78 is 44.7. The Morgan fingerprint density at radius 3 is 2.65 bits per heavy atom. The Kier molecular flexibility index (Phi) is 4.11. The summed E-state index contributed by atoms with van der Waals surface area (Å²) in [6.45, 7) is 2.00. The number of hydrogen-bond acceptors (Lipinski definition) is 6. The van der Waals surface area contributed by atoms with E-state index in [9.17, 15) is 8.78 Å². The summed E-state index contributed by atoms with van der Waals surface area (Å²) in [5.74, 6) is -3.11. The number of anilines is 2. The van der Waals surface area contributed by atoms with Crippen molar-refractivity contribution in [2.75, 3.05) is 36.8 Å². The van der Waals surface area contributed by atoms with Gasteiger partial charge in [-0.25, -0.2) is 22.8 Å². The lowest BCUT2D eigenvalue weighted by atomic mass is 10.1. The molecule has 2 aromatic heterocycles. The summed E-state index contributed by atoms with van der Waals surface area (Å²) >= 11 is 0. The van der Waals surface area contributed by atoms with E-state index in [4.69, 9.17) is 5.73 Å². The van der Waals surface area contributed by atoms with Gasteiger partial charge in [-0.05, 0) is 0 Å². The lowest BCUT2D eigenvalue weighted by Gasteiger charge is -2.30. The van der Waals surface area contributed by atoms with Crippen molar-refractivity contribution in [2.24, 2.45) is 0 Å². The largest absolute Gasteiger partial charge is 0.368 e. The summed E-state index contributed by atoms with van der Waals surface area (Å²) in [6, 6.07) is 0.904. The molecular weight excluding hydrogens is 347 g/mol. The standard InChI is InChI=1S/C16H16F3N7/c17-11-5-12(25-3-1-21-2-4-25)14(19)10(13(11)18)8-26-15-9(7-23-26)6-22-16(20)24-15/h5-7,21H,1-4,8H2,(H2,20,22,24). The predicted molar refractivity (Wildman–Crippen MR) is 90.2 cm³/mol. The van der Waals surface area contributed by atoms with E-state index in [2.05, 4.69) is 20.4 Å². The fourth-order valence-corrected chi connectivity index (χ4v) is 3.06. The van der Waals surface area contributed by atoms with Crippen LogP contribution in [0.5, 0.6) is 0 Å². The fraction of sp³-hybridized carbons (Fsp3) is 0.312. The molecule has 1 aliphatic rings. The van der Waals surface area contributed by atoms with E-state index in [0.29, 0.717) is 37.2 Å². The van der Waals surface area contributed by atoms with Gasteiger partial charge in [-0.15, -0.1) is 0 Å². The number of hydrogen-bond donors (Lipinski definition) is 2. The first kappa shape index (κ1) is 16.6. The van der Waals surface area contributed by atoms with Crippen molar-refractivity contribution >= 4 is 22.7 Å². The highest BCUT2D eigenvalue weighted by atomic mass is 19.2. The maximum Gasteiger partial charge on any atom is 0.222 e. The van der Waals surface area contributed by atoms with Crippen LogP contribution in [0.25, 0.3) is 11.0 Å². The number of fused-ring (bicyclic) bond motifs is 1. The van der Waals surface area contributed by atoms with Crippen LogP contribution >= 0.6 is 0 Å². The van der Waals surface area contributed by atoms with Gasteiger partial charge < -0.3 is 16.0 Å². The maximum absolute atomic E-state index is 15.0. The number of benzene rings is 1. The van der Waals surface area contributed by atoms with Gasteiger partial charge >= 0.3 is 0 Å². The van der Waals surface area contributed by atoms with E-state index in [1.807, 2.05) is 0 Å². The van der Waals surface area contributed by atoms with E-state index in [0.717, 1.165) is 6.07 Å². The molecular formula is C16H16F3N7. The van der Waals surface area contributed by atoms with Crippen LogP contribution in [0.3, 0.4) is 0 Å². The Morgan fingerprint density at radius 1 is 1.12 bits per heavy atom. The number of piperazine rings is 1. The molecule has 1 aliphatic heterocycles. The highest BCUT2D eigenvalue weighted by Crippen LogP contribution is 2.28. The number of nitrogens with one attached hydrogen (secondary N) is 1. The highest BCUT2D eigenvalue weighted by molar-refractivity contribution is 5.74. The minimum atomic E-state index is -1.23. The molecule has 26 heavy (non-hydrogen) atoms. The molecule has 136 valence electrons. The first-order chi connectivity index (χ1) is 12.5. The summed E-state index contributed by atoms with van der Waals surface area (Å²) in [6.07, 6.45) is 2.92. The number of nitrogen functional groups attached to an aromatic ring is 1. The van der Waals surface area contributed by atoms with Gasteiger partial charge in [0, 0.05) is 38.4 Å². The van der Waals surface area contributed by atoms with E-state index in [1.54, 1.807) is 4.90 Å². The van der Waals surface area contributed by atoms with Crippen LogP contribution in [0.2, 0.25) is 0 Å². The van der Waals surface area contributed by atoms with Crippen molar-refractivity contribution in [3.8, 4) is 0 Å². The zero-order valence-corrected chi connectivity index (χ0v) is 13.7. The number of halogens is 3. The Balaban J connectivity index is 1.77. The average Bonchev–Trinajstić information content (AvgIpc) is 3.04. The normalized spacial score (nSPS) is 15.0. The molecule has 1 fully saturated rings. The zero-order valence-electron chi connectivity index (χ0n) is 13.7. The van der Waals surface area contributed by atoms with Crippen LogP contribution in [-0.2, 0) is 6.54 Å². The predicted octanol–water partition coefficient (Wildman–Crippen LogP) is 1.28. The Hall–Kier alpha value is -2.88. The molecule has 0 saturated carbocycles. The van der Waals surface area contributed by atoms with E-state index >= 15 is 4.39 Å². The van der Waals surface area contributed by atoms with Crippen molar-refractivity contribution in [3.63, 3.8) is 0 Å². The van der Waals surface area contributed by atoms with Crippen molar-refractivity contribution < 1.29 is 13.2 Å². The molecule has 7 nitrogen and oxygen atoms in total. The molecule has 0 aliphatic carbocycles. The van der Waals surface area contributed by atoms with Crippen LogP contribution < -0.4 is 16.0 Å². The SMILES string of the molecule is Nc1ncc2cnn(Cc3c(F)c(F)cc(N4CCNCC4)c3F)c2n1. The minimum absolute atomic E-state index is 0.0148. The summed E-state index contributed by atoms with van der Waals surface area (Å²) in [5, 5.41) is 7.77.